The highest BCUT2D eigenvalue weighted by molar-refractivity contribution is 5.81. The lowest BCUT2D eigenvalue weighted by molar-refractivity contribution is 0.510. The zero-order chi connectivity index (χ0) is 15.6. The Labute approximate surface area is 130 Å². The van der Waals surface area contributed by atoms with Gasteiger partial charge in [0.25, 0.3) is 0 Å². The number of nitrogens with zero attached hydrogens (tertiary/aromatic N) is 4. The van der Waals surface area contributed by atoms with Gasteiger partial charge >= 0.3 is 0 Å². The third-order valence-corrected chi connectivity index (χ3v) is 4.29. The van der Waals surface area contributed by atoms with Crippen molar-refractivity contribution in [2.24, 2.45) is 0 Å². The largest absolute Gasteiger partial charge is 0.306 e. The number of fused-ring (bicyclic) bond motifs is 2. The molecule has 0 spiro atoms. The summed E-state index contributed by atoms with van der Waals surface area (Å²) in [6, 6.07) is 10.4. The molecule has 1 fully saturated rings. The van der Waals surface area contributed by atoms with E-state index in [2.05, 4.69) is 9.97 Å². The summed E-state index contributed by atoms with van der Waals surface area (Å²) in [5.74, 6) is -1.07. The molecular formula is C17H12F2N4. The lowest BCUT2D eigenvalue weighted by Crippen LogP contribution is -2.04. The van der Waals surface area contributed by atoms with E-state index in [1.807, 2.05) is 33.4 Å². The van der Waals surface area contributed by atoms with Gasteiger partial charge in [0, 0.05) is 18.2 Å². The summed E-state index contributed by atoms with van der Waals surface area (Å²) in [6.07, 6.45) is 3.74. The van der Waals surface area contributed by atoms with E-state index in [0.717, 1.165) is 29.9 Å². The van der Waals surface area contributed by atoms with Crippen molar-refractivity contribution in [1.82, 2.24) is 19.1 Å². The number of para-hydroxylation sites is 2. The van der Waals surface area contributed by atoms with Crippen molar-refractivity contribution in [3.63, 3.8) is 0 Å². The first-order valence-electron chi connectivity index (χ1n) is 7.52. The lowest BCUT2D eigenvalue weighted by Gasteiger charge is -2.08. The molecule has 1 saturated carbocycles. The van der Waals surface area contributed by atoms with Crippen LogP contribution < -0.4 is 0 Å². The topological polar surface area (TPSA) is 35.6 Å². The summed E-state index contributed by atoms with van der Waals surface area (Å²) in [5, 5.41) is 0. The minimum atomic E-state index is -0.875. The van der Waals surface area contributed by atoms with E-state index in [4.69, 9.17) is 0 Å². The van der Waals surface area contributed by atoms with Crippen LogP contribution in [0.5, 0.6) is 0 Å². The Kier molecular flexibility index (Phi) is 2.43. The van der Waals surface area contributed by atoms with E-state index in [1.165, 1.54) is 6.07 Å². The Morgan fingerprint density at radius 1 is 0.957 bits per heavy atom. The highest BCUT2D eigenvalue weighted by atomic mass is 19.2. The maximum absolute atomic E-state index is 13.7. The number of halogens is 2. The van der Waals surface area contributed by atoms with Gasteiger partial charge in [0.15, 0.2) is 11.6 Å². The van der Waals surface area contributed by atoms with Crippen molar-refractivity contribution in [2.75, 3.05) is 0 Å². The maximum atomic E-state index is 13.7. The van der Waals surface area contributed by atoms with Crippen LogP contribution in [0.15, 0.2) is 42.7 Å². The predicted octanol–water partition coefficient (Wildman–Crippen LogP) is 3.99. The van der Waals surface area contributed by atoms with Crippen molar-refractivity contribution in [3.8, 4) is 5.95 Å². The number of benzene rings is 2. The van der Waals surface area contributed by atoms with Gasteiger partial charge in [-0.3, -0.25) is 4.57 Å². The van der Waals surface area contributed by atoms with E-state index >= 15 is 0 Å². The molecule has 2 aromatic heterocycles. The molecule has 0 unspecified atom stereocenters. The summed E-state index contributed by atoms with van der Waals surface area (Å²) in [5.41, 5.74) is 2.87. The Hall–Kier alpha value is -2.76. The summed E-state index contributed by atoms with van der Waals surface area (Å²) >= 11 is 0. The summed E-state index contributed by atoms with van der Waals surface area (Å²) in [4.78, 5) is 8.93. The standard InChI is InChI=1S/C17H12F2N4/c18-11-7-14-16(8-12(11)19)23(10-5-6-10)17(21-14)22-9-20-13-3-1-2-4-15(13)22/h1-4,7-10H,5-6H2. The fourth-order valence-corrected chi connectivity index (χ4v) is 3.06. The molecule has 0 radical (unpaired) electrons. The minimum absolute atomic E-state index is 0.279. The van der Waals surface area contributed by atoms with E-state index in [1.54, 1.807) is 6.33 Å². The maximum Gasteiger partial charge on any atom is 0.216 e. The molecule has 114 valence electrons. The average Bonchev–Trinajstić information content (AvgIpc) is 3.19. The van der Waals surface area contributed by atoms with Crippen LogP contribution in [0.3, 0.4) is 0 Å². The predicted molar refractivity (Wildman–Crippen MR) is 82.5 cm³/mol. The smallest absolute Gasteiger partial charge is 0.216 e. The molecule has 2 aromatic carbocycles. The molecular weight excluding hydrogens is 298 g/mol. The van der Waals surface area contributed by atoms with Crippen LogP contribution in [-0.2, 0) is 0 Å². The Morgan fingerprint density at radius 3 is 2.57 bits per heavy atom. The summed E-state index contributed by atoms with van der Waals surface area (Å²) < 4.78 is 31.1. The average molecular weight is 310 g/mol. The second kappa shape index (κ2) is 4.38. The molecule has 1 aliphatic carbocycles. The van der Waals surface area contributed by atoms with Gasteiger partial charge in [-0.15, -0.1) is 0 Å². The third kappa shape index (κ3) is 1.81. The quantitative estimate of drug-likeness (QED) is 0.561. The highest BCUT2D eigenvalue weighted by Gasteiger charge is 2.30. The minimum Gasteiger partial charge on any atom is -0.306 e. The molecule has 1 aliphatic rings. The van der Waals surface area contributed by atoms with Gasteiger partial charge in [-0.2, -0.15) is 0 Å². The molecule has 0 amide bonds. The molecule has 0 bridgehead atoms. The van der Waals surface area contributed by atoms with Crippen LogP contribution in [0.4, 0.5) is 8.78 Å². The van der Waals surface area contributed by atoms with Crippen molar-refractivity contribution < 1.29 is 8.78 Å². The fraction of sp³-hybridized carbons (Fsp3) is 0.176. The zero-order valence-electron chi connectivity index (χ0n) is 12.1. The van der Waals surface area contributed by atoms with Crippen LogP contribution in [0, 0.1) is 11.6 Å². The van der Waals surface area contributed by atoms with Crippen molar-refractivity contribution in [3.05, 3.63) is 54.4 Å². The van der Waals surface area contributed by atoms with Crippen LogP contribution in [0.25, 0.3) is 28.0 Å². The van der Waals surface area contributed by atoms with Crippen LogP contribution in [0.2, 0.25) is 0 Å². The molecule has 2 heterocycles. The number of hydrogen-bond donors (Lipinski definition) is 0. The third-order valence-electron chi connectivity index (χ3n) is 4.29. The van der Waals surface area contributed by atoms with Crippen molar-refractivity contribution in [1.29, 1.82) is 0 Å². The Morgan fingerprint density at radius 2 is 1.74 bits per heavy atom. The molecule has 0 saturated heterocycles. The number of rotatable bonds is 2. The SMILES string of the molecule is Fc1cc2nc(-n3cnc4ccccc43)n(C3CC3)c2cc1F. The first kappa shape index (κ1) is 12.8. The summed E-state index contributed by atoms with van der Waals surface area (Å²) in [7, 11) is 0. The molecule has 4 nitrogen and oxygen atoms in total. The van der Waals surface area contributed by atoms with E-state index in [0.29, 0.717) is 17.0 Å². The summed E-state index contributed by atoms with van der Waals surface area (Å²) in [6.45, 7) is 0. The number of imidazole rings is 2. The van der Waals surface area contributed by atoms with Gasteiger partial charge in [0.2, 0.25) is 5.95 Å². The van der Waals surface area contributed by atoms with Gasteiger partial charge in [0.1, 0.15) is 6.33 Å². The molecule has 0 N–H and O–H groups in total. The van der Waals surface area contributed by atoms with Gasteiger partial charge < -0.3 is 4.57 Å². The molecule has 0 aliphatic heterocycles. The normalized spacial score (nSPS) is 14.9. The Bertz CT molecular complexity index is 1060. The van der Waals surface area contributed by atoms with E-state index < -0.39 is 11.6 Å². The highest BCUT2D eigenvalue weighted by Crippen LogP contribution is 2.40. The van der Waals surface area contributed by atoms with Crippen molar-refractivity contribution >= 4 is 22.1 Å². The lowest BCUT2D eigenvalue weighted by atomic mass is 10.3. The van der Waals surface area contributed by atoms with Crippen LogP contribution in [-0.4, -0.2) is 19.1 Å². The van der Waals surface area contributed by atoms with Gasteiger partial charge in [-0.05, 0) is 25.0 Å². The van der Waals surface area contributed by atoms with Crippen molar-refractivity contribution in [2.45, 2.75) is 18.9 Å². The first-order chi connectivity index (χ1) is 11.2. The van der Waals surface area contributed by atoms with E-state index in [-0.39, 0.29) is 6.04 Å². The molecule has 0 atom stereocenters. The molecule has 23 heavy (non-hydrogen) atoms. The van der Waals surface area contributed by atoms with Gasteiger partial charge in [0.05, 0.1) is 22.1 Å². The monoisotopic (exact) mass is 310 g/mol. The molecule has 5 rings (SSSR count). The number of aromatic nitrogens is 4. The van der Waals surface area contributed by atoms with Gasteiger partial charge in [-0.1, -0.05) is 12.1 Å². The Balaban J connectivity index is 1.85. The van der Waals surface area contributed by atoms with E-state index in [9.17, 15) is 8.78 Å². The molecule has 6 heteroatoms. The van der Waals surface area contributed by atoms with Crippen LogP contribution in [0.1, 0.15) is 18.9 Å². The molecule has 4 aromatic rings. The fourth-order valence-electron chi connectivity index (χ4n) is 3.06. The number of hydrogen-bond acceptors (Lipinski definition) is 2. The first-order valence-corrected chi connectivity index (χ1v) is 7.52. The zero-order valence-corrected chi connectivity index (χ0v) is 12.1. The van der Waals surface area contributed by atoms with Gasteiger partial charge in [-0.25, -0.2) is 18.7 Å². The second-order valence-electron chi connectivity index (χ2n) is 5.87. The van der Waals surface area contributed by atoms with Crippen LogP contribution >= 0.6 is 0 Å². The second-order valence-corrected chi connectivity index (χ2v) is 5.87.